The quantitative estimate of drug-likeness (QED) is 0.944. The molecular formula is C11H11BrN4O2. The van der Waals surface area contributed by atoms with Crippen LogP contribution < -0.4 is 5.32 Å². The van der Waals surface area contributed by atoms with Gasteiger partial charge in [-0.15, -0.1) is 0 Å². The highest BCUT2D eigenvalue weighted by molar-refractivity contribution is 9.10. The van der Waals surface area contributed by atoms with Crippen molar-refractivity contribution in [2.75, 3.05) is 5.32 Å². The Labute approximate surface area is 112 Å². The summed E-state index contributed by atoms with van der Waals surface area (Å²) in [4.78, 5) is 15.5. The molecule has 94 valence electrons. The second kappa shape index (κ2) is 5.63. The summed E-state index contributed by atoms with van der Waals surface area (Å²) in [5.74, 6) is 0.426. The van der Waals surface area contributed by atoms with E-state index >= 15 is 0 Å². The second-order valence-corrected chi connectivity index (χ2v) is 4.46. The number of hydrogen-bond donors (Lipinski definition) is 1. The first-order chi connectivity index (χ1) is 8.63. The van der Waals surface area contributed by atoms with Crippen molar-refractivity contribution in [1.29, 1.82) is 0 Å². The monoisotopic (exact) mass is 310 g/mol. The van der Waals surface area contributed by atoms with E-state index in [9.17, 15) is 4.79 Å². The normalized spacial score (nSPS) is 10.1. The van der Waals surface area contributed by atoms with E-state index in [4.69, 9.17) is 4.74 Å². The van der Waals surface area contributed by atoms with Gasteiger partial charge in [0, 0.05) is 23.9 Å². The zero-order valence-electron chi connectivity index (χ0n) is 9.63. The van der Waals surface area contributed by atoms with E-state index in [0.717, 1.165) is 4.47 Å². The molecule has 0 bridgehead atoms. The highest BCUT2D eigenvalue weighted by atomic mass is 79.9. The summed E-state index contributed by atoms with van der Waals surface area (Å²) in [6.45, 7) is 0.126. The summed E-state index contributed by atoms with van der Waals surface area (Å²) in [6.07, 6.45) is 2.80. The Bertz CT molecular complexity index is 555. The Morgan fingerprint density at radius 3 is 3.06 bits per heavy atom. The molecule has 18 heavy (non-hydrogen) atoms. The Morgan fingerprint density at radius 1 is 1.56 bits per heavy atom. The first-order valence-corrected chi connectivity index (χ1v) is 5.96. The summed E-state index contributed by atoms with van der Waals surface area (Å²) in [7, 11) is 1.80. The summed E-state index contributed by atoms with van der Waals surface area (Å²) < 4.78 is 7.48. The number of nitrogens with one attached hydrogen (secondary N) is 1. The second-order valence-electron chi connectivity index (χ2n) is 3.54. The standard InChI is InChI=1S/C11H11BrN4O2/c1-16-5-3-9(15-16)7-18-11(17)14-10-6-8(12)2-4-13-10/h2-6H,7H2,1H3,(H,13,14,17). The Hall–Kier alpha value is -1.89. The van der Waals surface area contributed by atoms with Crippen LogP contribution in [-0.4, -0.2) is 20.9 Å². The van der Waals surface area contributed by atoms with Gasteiger partial charge in [0.05, 0.1) is 5.69 Å². The van der Waals surface area contributed by atoms with Gasteiger partial charge in [-0.25, -0.2) is 9.78 Å². The molecule has 0 saturated carbocycles. The number of hydrogen-bond acceptors (Lipinski definition) is 4. The highest BCUT2D eigenvalue weighted by Gasteiger charge is 2.06. The molecule has 0 aromatic carbocycles. The molecule has 0 aliphatic rings. The van der Waals surface area contributed by atoms with E-state index in [-0.39, 0.29) is 6.61 Å². The molecule has 1 amide bonds. The van der Waals surface area contributed by atoms with Crippen molar-refractivity contribution in [3.63, 3.8) is 0 Å². The molecule has 0 aliphatic heterocycles. The summed E-state index contributed by atoms with van der Waals surface area (Å²) in [5, 5.41) is 6.62. The van der Waals surface area contributed by atoms with Crippen molar-refractivity contribution in [3.05, 3.63) is 40.8 Å². The van der Waals surface area contributed by atoms with Gasteiger partial charge in [0.2, 0.25) is 0 Å². The number of anilines is 1. The molecule has 0 fully saturated rings. The van der Waals surface area contributed by atoms with E-state index in [2.05, 4.69) is 31.3 Å². The number of carbonyl (C=O) groups excluding carboxylic acids is 1. The van der Waals surface area contributed by atoms with Gasteiger partial charge in [0.15, 0.2) is 0 Å². The Morgan fingerprint density at radius 2 is 2.39 bits per heavy atom. The van der Waals surface area contributed by atoms with Crippen LogP contribution in [0.5, 0.6) is 0 Å². The maximum atomic E-state index is 11.5. The minimum atomic E-state index is -0.564. The number of aromatic nitrogens is 3. The minimum Gasteiger partial charge on any atom is -0.443 e. The molecule has 7 heteroatoms. The summed E-state index contributed by atoms with van der Waals surface area (Å²) in [5.41, 5.74) is 0.690. The molecule has 2 rings (SSSR count). The Kier molecular flexibility index (Phi) is 3.93. The lowest BCUT2D eigenvalue weighted by molar-refractivity contribution is 0.153. The average Bonchev–Trinajstić information content (AvgIpc) is 2.73. The third-order valence-corrected chi connectivity index (χ3v) is 2.57. The van der Waals surface area contributed by atoms with E-state index in [0.29, 0.717) is 11.5 Å². The van der Waals surface area contributed by atoms with Crippen LogP contribution in [0, 0.1) is 0 Å². The summed E-state index contributed by atoms with van der Waals surface area (Å²) in [6, 6.07) is 5.23. The van der Waals surface area contributed by atoms with Gasteiger partial charge in [-0.3, -0.25) is 10.00 Å². The maximum Gasteiger partial charge on any atom is 0.413 e. The van der Waals surface area contributed by atoms with Gasteiger partial charge >= 0.3 is 6.09 Å². The van der Waals surface area contributed by atoms with Crippen LogP contribution >= 0.6 is 15.9 Å². The third kappa shape index (κ3) is 3.56. The molecule has 0 unspecified atom stereocenters. The first kappa shape index (κ1) is 12.6. The van der Waals surface area contributed by atoms with Gasteiger partial charge in [0.25, 0.3) is 0 Å². The molecule has 0 saturated heterocycles. The topological polar surface area (TPSA) is 69.0 Å². The van der Waals surface area contributed by atoms with Crippen LogP contribution in [0.2, 0.25) is 0 Å². The Balaban J connectivity index is 1.85. The molecule has 0 radical (unpaired) electrons. The molecular weight excluding hydrogens is 300 g/mol. The van der Waals surface area contributed by atoms with E-state index < -0.39 is 6.09 Å². The lowest BCUT2D eigenvalue weighted by Crippen LogP contribution is -2.14. The van der Waals surface area contributed by atoms with E-state index in [1.807, 2.05) is 0 Å². The largest absolute Gasteiger partial charge is 0.443 e. The van der Waals surface area contributed by atoms with E-state index in [1.54, 1.807) is 42.3 Å². The molecule has 0 spiro atoms. The predicted molar refractivity (Wildman–Crippen MR) is 69.0 cm³/mol. The molecule has 0 aliphatic carbocycles. The molecule has 2 aromatic rings. The van der Waals surface area contributed by atoms with Gasteiger partial charge in [-0.1, -0.05) is 15.9 Å². The lowest BCUT2D eigenvalue weighted by Gasteiger charge is -2.05. The zero-order chi connectivity index (χ0) is 13.0. The van der Waals surface area contributed by atoms with Gasteiger partial charge in [-0.2, -0.15) is 5.10 Å². The fourth-order valence-electron chi connectivity index (χ4n) is 1.29. The van der Waals surface area contributed by atoms with Gasteiger partial charge < -0.3 is 4.74 Å². The number of amides is 1. The van der Waals surface area contributed by atoms with Crippen molar-refractivity contribution >= 4 is 27.8 Å². The SMILES string of the molecule is Cn1ccc(COC(=O)Nc2cc(Br)ccn2)n1. The number of pyridine rings is 1. The van der Waals surface area contributed by atoms with Crippen LogP contribution in [0.1, 0.15) is 5.69 Å². The molecule has 2 aromatic heterocycles. The van der Waals surface area contributed by atoms with Crippen LogP contribution in [0.3, 0.4) is 0 Å². The first-order valence-electron chi connectivity index (χ1n) is 5.17. The molecule has 6 nitrogen and oxygen atoms in total. The zero-order valence-corrected chi connectivity index (χ0v) is 11.2. The molecule has 0 atom stereocenters. The number of ether oxygens (including phenoxy) is 1. The number of rotatable bonds is 3. The van der Waals surface area contributed by atoms with Crippen molar-refractivity contribution < 1.29 is 9.53 Å². The highest BCUT2D eigenvalue weighted by Crippen LogP contribution is 2.12. The maximum absolute atomic E-state index is 11.5. The van der Waals surface area contributed by atoms with Crippen LogP contribution in [0.15, 0.2) is 35.1 Å². The van der Waals surface area contributed by atoms with Gasteiger partial charge in [-0.05, 0) is 18.2 Å². The van der Waals surface area contributed by atoms with E-state index in [1.165, 1.54) is 0 Å². The third-order valence-electron chi connectivity index (χ3n) is 2.07. The molecule has 2 heterocycles. The summed E-state index contributed by atoms with van der Waals surface area (Å²) >= 11 is 3.29. The number of carbonyl (C=O) groups is 1. The van der Waals surface area contributed by atoms with Crippen LogP contribution in [0.4, 0.5) is 10.6 Å². The predicted octanol–water partition coefficient (Wildman–Crippen LogP) is 2.33. The van der Waals surface area contributed by atoms with Crippen molar-refractivity contribution in [1.82, 2.24) is 14.8 Å². The molecule has 1 N–H and O–H groups in total. The average molecular weight is 311 g/mol. The van der Waals surface area contributed by atoms with Gasteiger partial charge in [0.1, 0.15) is 12.4 Å². The smallest absolute Gasteiger partial charge is 0.413 e. The van der Waals surface area contributed by atoms with Crippen molar-refractivity contribution in [2.24, 2.45) is 7.05 Å². The number of nitrogens with zero attached hydrogens (tertiary/aromatic N) is 3. The fourth-order valence-corrected chi connectivity index (χ4v) is 1.63. The number of aryl methyl sites for hydroxylation is 1. The van der Waals surface area contributed by atoms with Crippen molar-refractivity contribution in [3.8, 4) is 0 Å². The van der Waals surface area contributed by atoms with Crippen LogP contribution in [0.25, 0.3) is 0 Å². The van der Waals surface area contributed by atoms with Crippen molar-refractivity contribution in [2.45, 2.75) is 6.61 Å². The number of halogens is 1. The lowest BCUT2D eigenvalue weighted by atomic mass is 10.4. The fraction of sp³-hybridized carbons (Fsp3) is 0.182. The minimum absolute atomic E-state index is 0.126. The van der Waals surface area contributed by atoms with Crippen LogP contribution in [-0.2, 0) is 18.4 Å².